The van der Waals surface area contributed by atoms with Gasteiger partial charge in [-0.25, -0.2) is 9.79 Å². The van der Waals surface area contributed by atoms with E-state index < -0.39 is 29.4 Å². The third-order valence-corrected chi connectivity index (χ3v) is 7.62. The minimum Gasteiger partial charge on any atom is -0.368 e. The molecule has 10 heteroatoms. The number of hydrogen-bond acceptors (Lipinski definition) is 5. The van der Waals surface area contributed by atoms with E-state index in [0.29, 0.717) is 37.6 Å². The summed E-state index contributed by atoms with van der Waals surface area (Å²) in [4.78, 5) is 27.6. The van der Waals surface area contributed by atoms with Gasteiger partial charge in [0.2, 0.25) is 0 Å². The van der Waals surface area contributed by atoms with Crippen molar-refractivity contribution in [1.29, 1.82) is 0 Å². The lowest BCUT2D eigenvalue weighted by Gasteiger charge is -2.41. The highest BCUT2D eigenvalue weighted by molar-refractivity contribution is 6.11. The van der Waals surface area contributed by atoms with Crippen LogP contribution in [0.1, 0.15) is 16.8 Å². The molecule has 38 heavy (non-hydrogen) atoms. The Morgan fingerprint density at radius 2 is 1.92 bits per heavy atom. The zero-order valence-corrected chi connectivity index (χ0v) is 21.0. The van der Waals surface area contributed by atoms with Gasteiger partial charge in [-0.15, -0.1) is 0 Å². The molecule has 2 atom stereocenters. The molecule has 4 heterocycles. The van der Waals surface area contributed by atoms with Crippen LogP contribution in [0.5, 0.6) is 0 Å². The molecule has 7 nitrogen and oxygen atoms in total. The second-order valence-electron chi connectivity index (χ2n) is 9.89. The number of piperazine rings is 1. The van der Waals surface area contributed by atoms with E-state index >= 15 is 0 Å². The molecular weight excluding hydrogens is 493 g/mol. The Bertz CT molecular complexity index is 1420. The van der Waals surface area contributed by atoms with E-state index in [-0.39, 0.29) is 11.4 Å². The van der Waals surface area contributed by atoms with Crippen LogP contribution < -0.4 is 15.1 Å². The fourth-order valence-corrected chi connectivity index (χ4v) is 5.81. The summed E-state index contributed by atoms with van der Waals surface area (Å²) in [5, 5.41) is 3.17. The highest BCUT2D eigenvalue weighted by Gasteiger charge is 2.58. The standard InChI is InChI=1S/C28H27F3N6O/c1-18-16-19(9-11-33-18)22-8-10-27-24(34-22)4-3-5-25(27)35(2)26(38)37(27)20-6-7-23(21(17-20)28(29,30)31)36-14-12-32-13-15-36/h3-11,16-17,25,32H,12-15H2,1-2H3. The van der Waals surface area contributed by atoms with Gasteiger partial charge in [-0.2, -0.15) is 13.2 Å². The summed E-state index contributed by atoms with van der Waals surface area (Å²) >= 11 is 0. The van der Waals surface area contributed by atoms with E-state index in [2.05, 4.69) is 10.3 Å². The predicted molar refractivity (Wildman–Crippen MR) is 141 cm³/mol. The first-order chi connectivity index (χ1) is 18.2. The number of nitrogens with one attached hydrogen (secondary N) is 1. The van der Waals surface area contributed by atoms with E-state index in [4.69, 9.17) is 4.99 Å². The lowest BCUT2D eigenvalue weighted by Crippen LogP contribution is -2.53. The van der Waals surface area contributed by atoms with Gasteiger partial charge in [0.1, 0.15) is 5.54 Å². The molecule has 2 unspecified atom stereocenters. The molecule has 1 spiro atoms. The van der Waals surface area contributed by atoms with Crippen LogP contribution in [0.25, 0.3) is 0 Å². The van der Waals surface area contributed by atoms with Crippen molar-refractivity contribution in [3.8, 4) is 0 Å². The van der Waals surface area contributed by atoms with Gasteiger partial charge in [0, 0.05) is 62.1 Å². The number of aromatic nitrogens is 1. The van der Waals surface area contributed by atoms with Gasteiger partial charge in [-0.1, -0.05) is 12.2 Å². The molecule has 2 fully saturated rings. The Kier molecular flexibility index (Phi) is 5.68. The summed E-state index contributed by atoms with van der Waals surface area (Å²) in [6, 6.07) is 7.17. The first-order valence-electron chi connectivity index (χ1n) is 12.5. The first kappa shape index (κ1) is 24.4. The van der Waals surface area contributed by atoms with E-state index in [1.165, 1.54) is 11.0 Å². The number of carbonyl (C=O) groups is 1. The Morgan fingerprint density at radius 3 is 2.66 bits per heavy atom. The van der Waals surface area contributed by atoms with Crippen LogP contribution in [0.4, 0.5) is 29.3 Å². The van der Waals surface area contributed by atoms with E-state index in [0.717, 1.165) is 17.3 Å². The van der Waals surface area contributed by atoms with Gasteiger partial charge < -0.3 is 15.1 Å². The fraction of sp³-hybridized carbons (Fsp3) is 0.321. The van der Waals surface area contributed by atoms with Crippen molar-refractivity contribution in [2.24, 2.45) is 4.99 Å². The number of aryl methyl sites for hydroxylation is 1. The van der Waals surface area contributed by atoms with Gasteiger partial charge in [0.25, 0.3) is 0 Å². The smallest absolute Gasteiger partial charge is 0.368 e. The number of anilines is 2. The number of allylic oxidation sites excluding steroid dienone is 3. The molecule has 0 saturated carbocycles. The maximum absolute atomic E-state index is 14.4. The molecule has 1 aromatic heterocycles. The summed E-state index contributed by atoms with van der Waals surface area (Å²) < 4.78 is 43.1. The number of urea groups is 1. The number of pyridine rings is 1. The van der Waals surface area contributed by atoms with Crippen molar-refractivity contribution in [2.75, 3.05) is 43.0 Å². The molecular formula is C28H27F3N6O. The van der Waals surface area contributed by atoms with Crippen LogP contribution in [0.3, 0.4) is 0 Å². The fourth-order valence-electron chi connectivity index (χ4n) is 5.81. The maximum Gasteiger partial charge on any atom is 0.418 e. The normalized spacial score (nSPS) is 24.8. The number of benzene rings is 1. The molecule has 6 rings (SSSR count). The van der Waals surface area contributed by atoms with Gasteiger partial charge in [-0.05, 0) is 55.5 Å². The van der Waals surface area contributed by atoms with Crippen LogP contribution >= 0.6 is 0 Å². The summed E-state index contributed by atoms with van der Waals surface area (Å²) in [6.07, 6.45) is 6.43. The molecule has 1 N–H and O–H groups in total. The number of dihydropyridines is 1. The van der Waals surface area contributed by atoms with Crippen LogP contribution in [0.2, 0.25) is 0 Å². The van der Waals surface area contributed by atoms with Gasteiger partial charge in [0.15, 0.2) is 0 Å². The summed E-state index contributed by atoms with van der Waals surface area (Å²) in [5.41, 5.74) is 1.49. The number of likely N-dealkylation sites (N-methyl/N-ethyl adjacent to an activating group) is 1. The Labute approximate surface area is 218 Å². The van der Waals surface area contributed by atoms with Crippen LogP contribution in [0, 0.1) is 6.92 Å². The van der Waals surface area contributed by atoms with Gasteiger partial charge in [0.05, 0.1) is 23.0 Å². The van der Waals surface area contributed by atoms with Crippen LogP contribution in [-0.2, 0) is 6.18 Å². The number of hydrogen-bond donors (Lipinski definition) is 1. The van der Waals surface area contributed by atoms with Crippen molar-refractivity contribution in [1.82, 2.24) is 15.2 Å². The largest absolute Gasteiger partial charge is 0.418 e. The topological polar surface area (TPSA) is 64.1 Å². The molecule has 2 aromatic rings. The third kappa shape index (κ3) is 3.74. The number of nitrogens with zero attached hydrogens (tertiary/aromatic N) is 5. The Morgan fingerprint density at radius 1 is 1.13 bits per heavy atom. The Hall–Kier alpha value is -3.92. The Balaban J connectivity index is 1.47. The number of amides is 2. The van der Waals surface area contributed by atoms with Crippen LogP contribution in [-0.4, -0.2) is 66.4 Å². The molecule has 0 bridgehead atoms. The van der Waals surface area contributed by atoms with Crippen molar-refractivity contribution in [2.45, 2.75) is 24.7 Å². The quantitative estimate of drug-likeness (QED) is 0.655. The lowest BCUT2D eigenvalue weighted by atomic mass is 9.80. The minimum absolute atomic E-state index is 0.128. The van der Waals surface area contributed by atoms with Gasteiger partial charge >= 0.3 is 12.2 Å². The average Bonchev–Trinajstić information content (AvgIpc) is 3.13. The SMILES string of the molecule is Cc1cc(C2=NC3=CC=CC4N(C)C(=O)N(c5ccc(N6CCNCC6)c(C(F)(F)F)c5)C34C=C2)ccn1. The monoisotopic (exact) mass is 520 g/mol. The van der Waals surface area contributed by atoms with E-state index in [9.17, 15) is 18.0 Å². The molecule has 3 aliphatic heterocycles. The number of carbonyl (C=O) groups excluding carboxylic acids is 1. The van der Waals surface area contributed by atoms with E-state index in [1.807, 2.05) is 49.4 Å². The van der Waals surface area contributed by atoms with Crippen molar-refractivity contribution >= 4 is 23.1 Å². The second kappa shape index (κ2) is 8.83. The highest BCUT2D eigenvalue weighted by atomic mass is 19.4. The van der Waals surface area contributed by atoms with Crippen molar-refractivity contribution in [3.05, 3.63) is 89.4 Å². The minimum atomic E-state index is -4.58. The highest BCUT2D eigenvalue weighted by Crippen LogP contribution is 2.48. The zero-order chi connectivity index (χ0) is 26.7. The first-order valence-corrected chi connectivity index (χ1v) is 12.5. The predicted octanol–water partition coefficient (Wildman–Crippen LogP) is 4.31. The number of halogens is 3. The second-order valence-corrected chi connectivity index (χ2v) is 9.89. The molecule has 2 saturated heterocycles. The number of alkyl halides is 3. The maximum atomic E-state index is 14.4. The number of aliphatic imine (C=N–C) groups is 1. The third-order valence-electron chi connectivity index (χ3n) is 7.62. The molecule has 2 amide bonds. The molecule has 1 aromatic carbocycles. The molecule has 1 aliphatic carbocycles. The van der Waals surface area contributed by atoms with E-state index in [1.54, 1.807) is 29.1 Å². The summed E-state index contributed by atoms with van der Waals surface area (Å²) in [7, 11) is 1.67. The van der Waals surface area contributed by atoms with Crippen LogP contribution in [0.15, 0.2) is 77.6 Å². The summed E-state index contributed by atoms with van der Waals surface area (Å²) in [5.74, 6) is 0. The number of rotatable bonds is 3. The average molecular weight is 521 g/mol. The molecule has 0 radical (unpaired) electrons. The molecule has 196 valence electrons. The zero-order valence-electron chi connectivity index (χ0n) is 21.0. The van der Waals surface area contributed by atoms with Gasteiger partial charge in [-0.3, -0.25) is 9.88 Å². The van der Waals surface area contributed by atoms with Crippen molar-refractivity contribution in [3.63, 3.8) is 0 Å². The van der Waals surface area contributed by atoms with Crippen molar-refractivity contribution < 1.29 is 18.0 Å². The molecule has 4 aliphatic rings. The summed E-state index contributed by atoms with van der Waals surface area (Å²) in [6.45, 7) is 4.08. The lowest BCUT2D eigenvalue weighted by molar-refractivity contribution is -0.137.